The number of likely N-dealkylation sites (tertiary alicyclic amines) is 1. The second-order valence-electron chi connectivity index (χ2n) is 13.4. The van der Waals surface area contributed by atoms with Gasteiger partial charge in [0.05, 0.1) is 6.04 Å². The number of rotatable bonds is 3. The third kappa shape index (κ3) is 3.86. The second kappa shape index (κ2) is 8.67. The van der Waals surface area contributed by atoms with E-state index in [1.807, 2.05) is 6.92 Å². The van der Waals surface area contributed by atoms with Gasteiger partial charge in [0.25, 0.3) is 0 Å². The molecule has 1 nitrogen and oxygen atoms in total. The number of piperidine rings is 1. The van der Waals surface area contributed by atoms with Gasteiger partial charge in [-0.1, -0.05) is 43.8 Å². The number of halogens is 1. The number of alkyl halides is 1. The highest BCUT2D eigenvalue weighted by molar-refractivity contribution is 5.22. The van der Waals surface area contributed by atoms with E-state index in [1.54, 1.807) is 0 Å². The topological polar surface area (TPSA) is 3.24 Å². The number of benzene rings is 1. The Morgan fingerprint density at radius 1 is 0.912 bits per heavy atom. The number of hydrogen-bond acceptors (Lipinski definition) is 1. The van der Waals surface area contributed by atoms with Gasteiger partial charge in [0, 0.05) is 12.2 Å². The van der Waals surface area contributed by atoms with Crippen LogP contribution in [0.1, 0.15) is 103 Å². The molecule has 1 saturated heterocycles. The van der Waals surface area contributed by atoms with Gasteiger partial charge >= 0.3 is 0 Å². The van der Waals surface area contributed by atoms with Crippen molar-refractivity contribution in [3.63, 3.8) is 0 Å². The van der Waals surface area contributed by atoms with Gasteiger partial charge in [0.2, 0.25) is 0 Å². The lowest BCUT2D eigenvalue weighted by Crippen LogP contribution is -2.51. The lowest BCUT2D eigenvalue weighted by Gasteiger charge is -2.57. The largest absolute Gasteiger partial charge is 0.368 e. The lowest BCUT2D eigenvalue weighted by molar-refractivity contribution is -0.0845. The van der Waals surface area contributed by atoms with E-state index in [-0.39, 0.29) is 0 Å². The molecule has 0 spiro atoms. The Kier molecular flexibility index (Phi) is 5.89. The molecule has 5 fully saturated rings. The van der Waals surface area contributed by atoms with Gasteiger partial charge < -0.3 is 4.90 Å². The predicted molar refractivity (Wildman–Crippen MR) is 139 cm³/mol. The van der Waals surface area contributed by atoms with Gasteiger partial charge in [-0.05, 0) is 130 Å². The fraction of sp³-hybridized carbons (Fsp3) is 0.750. The molecule has 0 aromatic heterocycles. The highest BCUT2D eigenvalue weighted by Gasteiger charge is 2.57. The van der Waals surface area contributed by atoms with Crippen LogP contribution in [0, 0.1) is 40.9 Å². The monoisotopic (exact) mass is 463 g/mol. The second-order valence-corrected chi connectivity index (χ2v) is 13.4. The van der Waals surface area contributed by atoms with Gasteiger partial charge in [-0.3, -0.25) is 0 Å². The van der Waals surface area contributed by atoms with E-state index >= 15 is 0 Å². The van der Waals surface area contributed by atoms with Gasteiger partial charge in [0.1, 0.15) is 5.67 Å². The smallest absolute Gasteiger partial charge is 0.108 e. The summed E-state index contributed by atoms with van der Waals surface area (Å²) in [7, 11) is 0. The minimum Gasteiger partial charge on any atom is -0.368 e. The van der Waals surface area contributed by atoms with Crippen molar-refractivity contribution in [2.24, 2.45) is 40.9 Å². The number of hydrogen-bond donors (Lipinski definition) is 0. The molecule has 0 bridgehead atoms. The molecule has 6 rings (SSSR count). The molecule has 2 heteroatoms. The number of nitrogens with zero attached hydrogens (tertiary/aromatic N) is 1. The van der Waals surface area contributed by atoms with Crippen molar-refractivity contribution in [3.8, 4) is 0 Å². The summed E-state index contributed by atoms with van der Waals surface area (Å²) in [6.07, 6.45) is 14.8. The Balaban J connectivity index is 1.19. The first-order chi connectivity index (χ1) is 16.4. The number of fused-ring (bicyclic) bond motifs is 5. The molecule has 0 N–H and O–H groups in total. The molecule has 1 aromatic carbocycles. The van der Waals surface area contributed by atoms with Crippen LogP contribution < -0.4 is 0 Å². The zero-order chi connectivity index (χ0) is 23.5. The molecular formula is C32H46FN. The van der Waals surface area contributed by atoms with Crippen LogP contribution in [0.3, 0.4) is 0 Å². The highest BCUT2D eigenvalue weighted by Crippen LogP contribution is 2.65. The summed E-state index contributed by atoms with van der Waals surface area (Å²) >= 11 is 0. The van der Waals surface area contributed by atoms with Crippen LogP contribution >= 0.6 is 0 Å². The van der Waals surface area contributed by atoms with Gasteiger partial charge in [-0.2, -0.15) is 0 Å². The fourth-order valence-electron chi connectivity index (χ4n) is 10.00. The minimum absolute atomic E-state index is 0.482. The quantitative estimate of drug-likeness (QED) is 0.433. The molecule has 186 valence electrons. The van der Waals surface area contributed by atoms with Crippen LogP contribution in [0.4, 0.5) is 4.39 Å². The Labute approximate surface area is 207 Å². The van der Waals surface area contributed by atoms with E-state index < -0.39 is 5.67 Å². The number of allylic oxidation sites excluding steroid dienone is 1. The van der Waals surface area contributed by atoms with Crippen LogP contribution in [0.5, 0.6) is 0 Å². The molecule has 1 aliphatic heterocycles. The molecular weight excluding hydrogens is 417 g/mol. The molecule has 4 saturated carbocycles. The highest BCUT2D eigenvalue weighted by atomic mass is 19.1. The molecule has 4 aliphatic carbocycles. The fourth-order valence-corrected chi connectivity index (χ4v) is 10.00. The third-order valence-corrected chi connectivity index (χ3v) is 11.7. The van der Waals surface area contributed by atoms with Crippen molar-refractivity contribution in [1.29, 1.82) is 0 Å². The summed E-state index contributed by atoms with van der Waals surface area (Å²) < 4.78 is 14.8. The summed E-state index contributed by atoms with van der Waals surface area (Å²) in [6.45, 7) is 10.3. The molecule has 8 unspecified atom stereocenters. The van der Waals surface area contributed by atoms with Crippen molar-refractivity contribution in [2.45, 2.75) is 103 Å². The van der Waals surface area contributed by atoms with Crippen LogP contribution in [-0.4, -0.2) is 17.1 Å². The Morgan fingerprint density at radius 3 is 2.53 bits per heavy atom. The molecule has 5 aliphatic rings. The van der Waals surface area contributed by atoms with Gasteiger partial charge in [-0.15, -0.1) is 0 Å². The molecule has 1 heterocycles. The normalized spacial score (nSPS) is 46.5. The molecule has 0 radical (unpaired) electrons. The summed E-state index contributed by atoms with van der Waals surface area (Å²) in [5.74, 6) is 4.95. The summed E-state index contributed by atoms with van der Waals surface area (Å²) in [6, 6.07) is 11.7. The van der Waals surface area contributed by atoms with Gasteiger partial charge in [-0.25, -0.2) is 4.39 Å². The molecule has 9 atom stereocenters. The minimum atomic E-state index is -0.901. The van der Waals surface area contributed by atoms with E-state index in [9.17, 15) is 4.39 Å². The zero-order valence-electron chi connectivity index (χ0n) is 21.7. The summed E-state index contributed by atoms with van der Waals surface area (Å²) in [5.41, 5.74) is 2.43. The summed E-state index contributed by atoms with van der Waals surface area (Å²) in [5, 5.41) is 0. The van der Waals surface area contributed by atoms with Crippen molar-refractivity contribution < 1.29 is 4.39 Å². The molecule has 0 amide bonds. The Hall–Kier alpha value is -1.31. The van der Waals surface area contributed by atoms with Crippen molar-refractivity contribution >= 4 is 0 Å². The zero-order valence-corrected chi connectivity index (χ0v) is 21.7. The predicted octanol–water partition coefficient (Wildman–Crippen LogP) is 8.72. The first kappa shape index (κ1) is 23.1. The average Bonchev–Trinajstić information content (AvgIpc) is 3.16. The SMILES string of the molecule is C=C1CCCC(c2ccccc2)N1CC1CCC2C3CCC4C[C@](C)(F)CCC4C3CCC12C. The maximum absolute atomic E-state index is 14.8. The molecule has 34 heavy (non-hydrogen) atoms. The van der Waals surface area contributed by atoms with Crippen LogP contribution in [0.2, 0.25) is 0 Å². The summed E-state index contributed by atoms with van der Waals surface area (Å²) in [4.78, 5) is 2.73. The molecule has 1 aromatic rings. The van der Waals surface area contributed by atoms with Crippen LogP contribution in [-0.2, 0) is 0 Å². The first-order valence-electron chi connectivity index (χ1n) is 14.5. The van der Waals surface area contributed by atoms with E-state index in [4.69, 9.17) is 0 Å². The standard InChI is InChI=1S/C32H46FN/c1-22-8-7-11-30(23-9-5-4-6-10-23)34(22)21-25-13-15-29-28-14-12-24-20-31(2,33)18-16-26(24)27(28)17-19-32(25,29)3/h4-6,9-10,24-30H,1,7-8,11-21H2,2-3H3/t24?,25?,26?,27?,28?,29?,30?,31-,32?/m1/s1. The maximum Gasteiger partial charge on any atom is 0.108 e. The van der Waals surface area contributed by atoms with E-state index in [0.717, 1.165) is 55.3 Å². The maximum atomic E-state index is 14.8. The lowest BCUT2D eigenvalue weighted by atomic mass is 9.49. The van der Waals surface area contributed by atoms with E-state index in [1.165, 1.54) is 69.2 Å². The Morgan fingerprint density at radius 2 is 1.71 bits per heavy atom. The van der Waals surface area contributed by atoms with Crippen molar-refractivity contribution in [1.82, 2.24) is 4.90 Å². The Bertz CT molecular complexity index is 892. The van der Waals surface area contributed by atoms with Crippen LogP contribution in [0.15, 0.2) is 42.6 Å². The average molecular weight is 464 g/mol. The van der Waals surface area contributed by atoms with Gasteiger partial charge in [0.15, 0.2) is 0 Å². The van der Waals surface area contributed by atoms with E-state index in [0.29, 0.717) is 17.4 Å². The third-order valence-electron chi connectivity index (χ3n) is 11.7. The van der Waals surface area contributed by atoms with Crippen molar-refractivity contribution in [3.05, 3.63) is 48.2 Å². The van der Waals surface area contributed by atoms with Crippen LogP contribution in [0.25, 0.3) is 0 Å². The van der Waals surface area contributed by atoms with E-state index in [2.05, 4.69) is 48.7 Å². The van der Waals surface area contributed by atoms with Crippen molar-refractivity contribution in [2.75, 3.05) is 6.54 Å². The first-order valence-corrected chi connectivity index (χ1v) is 14.5.